The van der Waals surface area contributed by atoms with E-state index >= 15 is 0 Å². The summed E-state index contributed by atoms with van der Waals surface area (Å²) in [4.78, 5) is 14.6. The smallest absolute Gasteiger partial charge is 0.184 e. The van der Waals surface area contributed by atoms with Crippen molar-refractivity contribution in [3.63, 3.8) is 0 Å². The number of rotatable bonds is 2. The van der Waals surface area contributed by atoms with E-state index in [1.807, 2.05) is 14.1 Å². The van der Waals surface area contributed by atoms with Crippen LogP contribution in [0, 0.1) is 0 Å². The highest BCUT2D eigenvalue weighted by Gasteiger charge is 2.26. The number of benzene rings is 1. The minimum Gasteiger partial charge on any atom is -0.378 e. The van der Waals surface area contributed by atoms with Crippen molar-refractivity contribution in [1.29, 1.82) is 0 Å². The molecule has 0 spiro atoms. The fourth-order valence-electron chi connectivity index (χ4n) is 3.33. The molecule has 1 aromatic rings. The molecular weight excluding hydrogens is 258 g/mol. The average Bonchev–Trinajstić information content (AvgIpc) is 3.10. The van der Waals surface area contributed by atoms with Gasteiger partial charge in [-0.15, -0.1) is 0 Å². The quantitative estimate of drug-likeness (QED) is 0.750. The molecule has 0 heterocycles. The molecule has 0 unspecified atom stereocenters. The molecule has 2 heteroatoms. The number of anilines is 1. The molecule has 0 atom stereocenters. The lowest BCUT2D eigenvalue weighted by Gasteiger charge is -2.11. The van der Waals surface area contributed by atoms with Crippen LogP contribution in [0.5, 0.6) is 0 Å². The summed E-state index contributed by atoms with van der Waals surface area (Å²) in [6.45, 7) is 0. The second kappa shape index (κ2) is 5.88. The molecule has 0 aliphatic heterocycles. The summed E-state index contributed by atoms with van der Waals surface area (Å²) < 4.78 is 0. The second-order valence-corrected chi connectivity index (χ2v) is 6.27. The Labute approximate surface area is 127 Å². The third kappa shape index (κ3) is 2.94. The molecule has 110 valence electrons. The molecular formula is C19H23NO. The predicted octanol–water partition coefficient (Wildman–Crippen LogP) is 4.37. The van der Waals surface area contributed by atoms with Crippen LogP contribution in [0.2, 0.25) is 0 Å². The maximum atomic E-state index is 12.5. The standard InChI is InChI=1S/C19H23NO/c1-20(2)17-10-7-14(8-11-17)13-16-9-12-18(19(16)21)15-5-3-4-6-15/h7-8,10-11,13H,3-6,9,12H2,1-2H3. The van der Waals surface area contributed by atoms with Crippen molar-refractivity contribution < 1.29 is 4.79 Å². The van der Waals surface area contributed by atoms with Crippen molar-refractivity contribution in [2.45, 2.75) is 38.5 Å². The Kier molecular flexibility index (Phi) is 3.96. The second-order valence-electron chi connectivity index (χ2n) is 6.27. The van der Waals surface area contributed by atoms with E-state index in [0.29, 0.717) is 5.78 Å². The zero-order valence-corrected chi connectivity index (χ0v) is 13.0. The molecule has 0 bridgehead atoms. The normalized spacial score (nSPS) is 20.7. The molecule has 0 amide bonds. The molecule has 2 aliphatic rings. The number of allylic oxidation sites excluding steroid dienone is 3. The Morgan fingerprint density at radius 1 is 0.952 bits per heavy atom. The molecule has 0 N–H and O–H groups in total. The lowest BCUT2D eigenvalue weighted by molar-refractivity contribution is -0.111. The van der Waals surface area contributed by atoms with Gasteiger partial charge in [0.05, 0.1) is 0 Å². The van der Waals surface area contributed by atoms with Crippen LogP contribution < -0.4 is 4.90 Å². The van der Waals surface area contributed by atoms with Crippen LogP contribution in [-0.2, 0) is 4.79 Å². The highest BCUT2D eigenvalue weighted by molar-refractivity contribution is 6.13. The summed E-state index contributed by atoms with van der Waals surface area (Å²) in [7, 11) is 4.07. The third-order valence-corrected chi connectivity index (χ3v) is 4.59. The van der Waals surface area contributed by atoms with Crippen LogP contribution in [0.4, 0.5) is 5.69 Å². The molecule has 2 saturated carbocycles. The highest BCUT2D eigenvalue weighted by atomic mass is 16.1. The molecule has 1 aromatic carbocycles. The summed E-state index contributed by atoms with van der Waals surface area (Å²) in [6, 6.07) is 8.39. The van der Waals surface area contributed by atoms with Gasteiger partial charge in [-0.1, -0.05) is 17.7 Å². The van der Waals surface area contributed by atoms with Gasteiger partial charge in [0.1, 0.15) is 0 Å². The van der Waals surface area contributed by atoms with E-state index in [1.165, 1.54) is 24.1 Å². The highest BCUT2D eigenvalue weighted by Crippen LogP contribution is 2.36. The Bertz CT molecular complexity index is 597. The zero-order chi connectivity index (χ0) is 14.8. The van der Waals surface area contributed by atoms with Gasteiger partial charge in [-0.25, -0.2) is 0 Å². The Balaban J connectivity index is 1.81. The third-order valence-electron chi connectivity index (χ3n) is 4.59. The number of carbonyl (C=O) groups is 1. The van der Waals surface area contributed by atoms with E-state index in [0.717, 1.165) is 42.4 Å². The average molecular weight is 281 g/mol. The van der Waals surface area contributed by atoms with Gasteiger partial charge in [-0.3, -0.25) is 4.79 Å². The van der Waals surface area contributed by atoms with Crippen LogP contribution in [0.3, 0.4) is 0 Å². The van der Waals surface area contributed by atoms with E-state index in [-0.39, 0.29) is 0 Å². The van der Waals surface area contributed by atoms with Crippen molar-refractivity contribution in [3.8, 4) is 0 Å². The Morgan fingerprint density at radius 3 is 2.24 bits per heavy atom. The minimum atomic E-state index is 0.309. The fraction of sp³-hybridized carbons (Fsp3) is 0.421. The minimum absolute atomic E-state index is 0.309. The van der Waals surface area contributed by atoms with E-state index in [4.69, 9.17) is 0 Å². The van der Waals surface area contributed by atoms with Crippen molar-refractivity contribution in [2.75, 3.05) is 19.0 Å². The summed E-state index contributed by atoms with van der Waals surface area (Å²) in [6.07, 6.45) is 8.75. The van der Waals surface area contributed by atoms with Crippen LogP contribution >= 0.6 is 0 Å². The monoisotopic (exact) mass is 281 g/mol. The lowest BCUT2D eigenvalue weighted by Crippen LogP contribution is -2.07. The number of hydrogen-bond acceptors (Lipinski definition) is 2. The van der Waals surface area contributed by atoms with Crippen LogP contribution in [0.25, 0.3) is 6.08 Å². The molecule has 0 radical (unpaired) electrons. The van der Waals surface area contributed by atoms with Gasteiger partial charge in [-0.05, 0) is 67.9 Å². The topological polar surface area (TPSA) is 20.3 Å². The molecule has 3 rings (SSSR count). The molecule has 2 aliphatic carbocycles. The number of ketones is 1. The largest absolute Gasteiger partial charge is 0.378 e. The van der Waals surface area contributed by atoms with Gasteiger partial charge < -0.3 is 4.90 Å². The predicted molar refractivity (Wildman–Crippen MR) is 88.5 cm³/mol. The van der Waals surface area contributed by atoms with Crippen molar-refractivity contribution in [3.05, 3.63) is 46.5 Å². The maximum Gasteiger partial charge on any atom is 0.184 e. The SMILES string of the molecule is CN(C)c1ccc(C=C2CCC(=C3CCCC3)C2=O)cc1. The Morgan fingerprint density at radius 2 is 1.62 bits per heavy atom. The van der Waals surface area contributed by atoms with Gasteiger partial charge in [-0.2, -0.15) is 0 Å². The first kappa shape index (κ1) is 14.1. The maximum absolute atomic E-state index is 12.5. The van der Waals surface area contributed by atoms with E-state index in [9.17, 15) is 4.79 Å². The summed E-state index contributed by atoms with van der Waals surface area (Å²) in [5.41, 5.74) is 5.86. The molecule has 0 aromatic heterocycles. The molecule has 2 nitrogen and oxygen atoms in total. The van der Waals surface area contributed by atoms with Gasteiger partial charge >= 0.3 is 0 Å². The summed E-state index contributed by atoms with van der Waals surface area (Å²) >= 11 is 0. The summed E-state index contributed by atoms with van der Waals surface area (Å²) in [5, 5.41) is 0. The first-order valence-electron chi connectivity index (χ1n) is 7.89. The Hall–Kier alpha value is -1.83. The first-order chi connectivity index (χ1) is 10.1. The molecule has 2 fully saturated rings. The van der Waals surface area contributed by atoms with Crippen molar-refractivity contribution in [1.82, 2.24) is 0 Å². The summed E-state index contributed by atoms with van der Waals surface area (Å²) in [5.74, 6) is 0.309. The number of hydrogen-bond donors (Lipinski definition) is 0. The fourth-order valence-corrected chi connectivity index (χ4v) is 3.33. The van der Waals surface area contributed by atoms with Gasteiger partial charge in [0.25, 0.3) is 0 Å². The van der Waals surface area contributed by atoms with Crippen molar-refractivity contribution >= 4 is 17.5 Å². The van der Waals surface area contributed by atoms with Crippen LogP contribution in [0.15, 0.2) is 41.0 Å². The first-order valence-corrected chi connectivity index (χ1v) is 7.89. The van der Waals surface area contributed by atoms with Gasteiger partial charge in [0, 0.05) is 25.4 Å². The van der Waals surface area contributed by atoms with E-state index < -0.39 is 0 Å². The molecule has 0 saturated heterocycles. The number of Topliss-reactive ketones (excluding diaryl/α,β-unsaturated/α-hetero) is 1. The van der Waals surface area contributed by atoms with Crippen molar-refractivity contribution in [2.24, 2.45) is 0 Å². The zero-order valence-electron chi connectivity index (χ0n) is 13.0. The van der Waals surface area contributed by atoms with Crippen LogP contribution in [0.1, 0.15) is 44.1 Å². The van der Waals surface area contributed by atoms with Crippen LogP contribution in [-0.4, -0.2) is 19.9 Å². The molecule has 21 heavy (non-hydrogen) atoms. The lowest BCUT2D eigenvalue weighted by atomic mass is 10.0. The number of carbonyl (C=O) groups excluding carboxylic acids is 1. The van der Waals surface area contributed by atoms with Gasteiger partial charge in [0.2, 0.25) is 0 Å². The number of nitrogens with zero attached hydrogens (tertiary/aromatic N) is 1. The van der Waals surface area contributed by atoms with Gasteiger partial charge in [0.15, 0.2) is 5.78 Å². The van der Waals surface area contributed by atoms with E-state index in [2.05, 4.69) is 35.2 Å². The van der Waals surface area contributed by atoms with E-state index in [1.54, 1.807) is 0 Å².